The molecule has 1 aromatic rings. The minimum atomic E-state index is 0.0466. The third kappa shape index (κ3) is 3.01. The summed E-state index contributed by atoms with van der Waals surface area (Å²) in [5, 5.41) is 0. The second-order valence-electron chi connectivity index (χ2n) is 5.24. The lowest BCUT2D eigenvalue weighted by atomic mass is 9.96. The topological polar surface area (TPSA) is 63.4 Å². The van der Waals surface area contributed by atoms with Gasteiger partial charge < -0.3 is 10.6 Å². The van der Waals surface area contributed by atoms with Gasteiger partial charge in [0, 0.05) is 37.2 Å². The van der Waals surface area contributed by atoms with Crippen LogP contribution in [0.15, 0.2) is 18.2 Å². The Balaban J connectivity index is 2.17. The number of hydrogen-bond acceptors (Lipinski definition) is 3. The Hall–Kier alpha value is -1.68. The number of carbonyl (C=O) groups is 2. The highest BCUT2D eigenvalue weighted by Gasteiger charge is 2.21. The van der Waals surface area contributed by atoms with Crippen LogP contribution >= 0.6 is 0 Å². The van der Waals surface area contributed by atoms with Gasteiger partial charge in [-0.15, -0.1) is 0 Å². The van der Waals surface area contributed by atoms with E-state index < -0.39 is 0 Å². The molecule has 1 aliphatic heterocycles. The summed E-state index contributed by atoms with van der Waals surface area (Å²) < 4.78 is 0. The number of amides is 1. The Bertz CT molecular complexity index is 509. The maximum absolute atomic E-state index is 12.0. The molecule has 0 saturated carbocycles. The molecule has 1 atom stereocenters. The third-order valence-corrected chi connectivity index (χ3v) is 3.57. The molecule has 0 saturated heterocycles. The summed E-state index contributed by atoms with van der Waals surface area (Å²) in [6.45, 7) is 1.90. The van der Waals surface area contributed by atoms with Crippen LogP contribution in [0, 0.1) is 0 Å². The molecule has 0 aliphatic carbocycles. The Morgan fingerprint density at radius 3 is 2.84 bits per heavy atom. The summed E-state index contributed by atoms with van der Waals surface area (Å²) in [5.74, 6) is 0.253. The van der Waals surface area contributed by atoms with Gasteiger partial charge in [-0.25, -0.2) is 0 Å². The molecule has 102 valence electrons. The molecule has 0 spiro atoms. The molecule has 19 heavy (non-hydrogen) atoms. The maximum Gasteiger partial charge on any atom is 0.227 e. The van der Waals surface area contributed by atoms with Crippen molar-refractivity contribution in [1.82, 2.24) is 0 Å². The molecule has 2 rings (SSSR count). The molecule has 4 heteroatoms. The van der Waals surface area contributed by atoms with Gasteiger partial charge in [-0.1, -0.05) is 0 Å². The summed E-state index contributed by atoms with van der Waals surface area (Å²) in [6.07, 6.45) is 2.41. The standard InChI is InChI=1S/C15H20N2O2/c1-10(16)3-7-14(18)12-4-6-13-11(9-12)5-8-15(19)17(13)2/h4,6,9-10H,3,5,7-8,16H2,1-2H3. The van der Waals surface area contributed by atoms with Crippen LogP contribution in [0.3, 0.4) is 0 Å². The maximum atomic E-state index is 12.0. The molecule has 0 aromatic heterocycles. The number of carbonyl (C=O) groups excluding carboxylic acids is 2. The number of aryl methyl sites for hydroxylation is 1. The van der Waals surface area contributed by atoms with Gasteiger partial charge in [0.25, 0.3) is 0 Å². The van der Waals surface area contributed by atoms with Crippen LogP contribution in [-0.4, -0.2) is 24.8 Å². The van der Waals surface area contributed by atoms with Crippen molar-refractivity contribution in [3.8, 4) is 0 Å². The first-order valence-electron chi connectivity index (χ1n) is 6.67. The van der Waals surface area contributed by atoms with Crippen molar-refractivity contribution in [2.45, 2.75) is 38.6 Å². The predicted molar refractivity (Wildman–Crippen MR) is 75.4 cm³/mol. The van der Waals surface area contributed by atoms with Gasteiger partial charge in [-0.2, -0.15) is 0 Å². The van der Waals surface area contributed by atoms with E-state index in [1.54, 1.807) is 18.0 Å². The average Bonchev–Trinajstić information content (AvgIpc) is 2.40. The number of ketones is 1. The molecular weight excluding hydrogens is 240 g/mol. The van der Waals surface area contributed by atoms with Crippen LogP contribution in [0.25, 0.3) is 0 Å². The summed E-state index contributed by atoms with van der Waals surface area (Å²) in [7, 11) is 1.78. The van der Waals surface area contributed by atoms with Gasteiger partial charge in [0.15, 0.2) is 5.78 Å². The van der Waals surface area contributed by atoms with Gasteiger partial charge in [0.2, 0.25) is 5.91 Å². The first-order valence-corrected chi connectivity index (χ1v) is 6.67. The third-order valence-electron chi connectivity index (χ3n) is 3.57. The Morgan fingerprint density at radius 2 is 2.16 bits per heavy atom. The zero-order valence-corrected chi connectivity index (χ0v) is 11.5. The first kappa shape index (κ1) is 13.7. The molecule has 1 heterocycles. The quantitative estimate of drug-likeness (QED) is 0.841. The zero-order valence-electron chi connectivity index (χ0n) is 11.5. The first-order chi connectivity index (χ1) is 8.99. The number of Topliss-reactive ketones (excluding diaryl/α,β-unsaturated/α-hetero) is 1. The highest BCUT2D eigenvalue weighted by molar-refractivity contribution is 5.99. The fourth-order valence-electron chi connectivity index (χ4n) is 2.33. The monoisotopic (exact) mass is 260 g/mol. The number of nitrogens with two attached hydrogens (primary N) is 1. The molecule has 1 amide bonds. The normalized spacial score (nSPS) is 16.2. The number of anilines is 1. The van der Waals surface area contributed by atoms with Crippen molar-refractivity contribution >= 4 is 17.4 Å². The Labute approximate surface area is 113 Å². The average molecular weight is 260 g/mol. The summed E-state index contributed by atoms with van der Waals surface area (Å²) in [5.41, 5.74) is 8.39. The van der Waals surface area contributed by atoms with Crippen molar-refractivity contribution < 1.29 is 9.59 Å². The van der Waals surface area contributed by atoms with Crippen LogP contribution < -0.4 is 10.6 Å². The second kappa shape index (κ2) is 5.53. The lowest BCUT2D eigenvalue weighted by Crippen LogP contribution is -2.31. The Kier molecular flexibility index (Phi) is 4.00. The van der Waals surface area contributed by atoms with Gasteiger partial charge in [0.05, 0.1) is 0 Å². The molecule has 0 radical (unpaired) electrons. The highest BCUT2D eigenvalue weighted by atomic mass is 16.2. The number of fused-ring (bicyclic) bond motifs is 1. The molecule has 1 unspecified atom stereocenters. The summed E-state index contributed by atoms with van der Waals surface area (Å²) >= 11 is 0. The van der Waals surface area contributed by atoms with Crippen LogP contribution in [0.4, 0.5) is 5.69 Å². The fraction of sp³-hybridized carbons (Fsp3) is 0.467. The number of hydrogen-bond donors (Lipinski definition) is 1. The van der Waals surface area contributed by atoms with Gasteiger partial charge in [-0.3, -0.25) is 9.59 Å². The number of nitrogens with zero attached hydrogens (tertiary/aromatic N) is 1. The van der Waals surface area contributed by atoms with E-state index in [4.69, 9.17) is 5.73 Å². The molecule has 4 nitrogen and oxygen atoms in total. The SMILES string of the molecule is CC(N)CCC(=O)c1ccc2c(c1)CCC(=O)N2C. The van der Waals surface area contributed by atoms with E-state index >= 15 is 0 Å². The van der Waals surface area contributed by atoms with Crippen LogP contribution in [0.5, 0.6) is 0 Å². The van der Waals surface area contributed by atoms with Crippen LogP contribution in [0.1, 0.15) is 42.1 Å². The number of rotatable bonds is 4. The smallest absolute Gasteiger partial charge is 0.227 e. The van der Waals surface area contributed by atoms with Crippen molar-refractivity contribution in [2.75, 3.05) is 11.9 Å². The predicted octanol–water partition coefficient (Wildman–Crippen LogP) is 1.91. The van der Waals surface area contributed by atoms with Crippen molar-refractivity contribution in [2.24, 2.45) is 5.73 Å². The number of benzene rings is 1. The molecule has 0 bridgehead atoms. The van der Waals surface area contributed by atoms with Crippen molar-refractivity contribution in [3.05, 3.63) is 29.3 Å². The summed E-state index contributed by atoms with van der Waals surface area (Å²) in [6, 6.07) is 5.63. The van der Waals surface area contributed by atoms with E-state index in [2.05, 4.69) is 0 Å². The van der Waals surface area contributed by atoms with E-state index in [1.165, 1.54) is 0 Å². The lowest BCUT2D eigenvalue weighted by molar-refractivity contribution is -0.118. The van der Waals surface area contributed by atoms with Crippen molar-refractivity contribution in [3.63, 3.8) is 0 Å². The van der Waals surface area contributed by atoms with Crippen LogP contribution in [0.2, 0.25) is 0 Å². The van der Waals surface area contributed by atoms with Crippen LogP contribution in [-0.2, 0) is 11.2 Å². The molecule has 2 N–H and O–H groups in total. The summed E-state index contributed by atoms with van der Waals surface area (Å²) in [4.78, 5) is 25.3. The lowest BCUT2D eigenvalue weighted by Gasteiger charge is -2.26. The van der Waals surface area contributed by atoms with E-state index in [1.807, 2.05) is 19.1 Å². The largest absolute Gasteiger partial charge is 0.328 e. The zero-order chi connectivity index (χ0) is 14.0. The van der Waals surface area contributed by atoms with E-state index in [9.17, 15) is 9.59 Å². The fourth-order valence-corrected chi connectivity index (χ4v) is 2.33. The Morgan fingerprint density at radius 1 is 1.42 bits per heavy atom. The minimum absolute atomic E-state index is 0.0466. The molecule has 1 aromatic carbocycles. The molecular formula is C15H20N2O2. The van der Waals surface area contributed by atoms with E-state index in [-0.39, 0.29) is 17.7 Å². The highest BCUT2D eigenvalue weighted by Crippen LogP contribution is 2.28. The minimum Gasteiger partial charge on any atom is -0.328 e. The molecule has 1 aliphatic rings. The van der Waals surface area contributed by atoms with Gasteiger partial charge >= 0.3 is 0 Å². The van der Waals surface area contributed by atoms with E-state index in [0.29, 0.717) is 25.7 Å². The molecule has 0 fully saturated rings. The van der Waals surface area contributed by atoms with Gasteiger partial charge in [-0.05, 0) is 43.5 Å². The second-order valence-corrected chi connectivity index (χ2v) is 5.24. The van der Waals surface area contributed by atoms with Gasteiger partial charge in [0.1, 0.15) is 0 Å². The van der Waals surface area contributed by atoms with Crippen molar-refractivity contribution in [1.29, 1.82) is 0 Å². The van der Waals surface area contributed by atoms with E-state index in [0.717, 1.165) is 16.8 Å².